The normalized spacial score (nSPS) is 18.6. The quantitative estimate of drug-likeness (QED) is 0.630. The molecule has 6 nitrogen and oxygen atoms in total. The van der Waals surface area contributed by atoms with Gasteiger partial charge in [-0.1, -0.05) is 23.7 Å². The van der Waals surface area contributed by atoms with Crippen molar-refractivity contribution < 1.29 is 9.59 Å². The molecule has 2 amide bonds. The van der Waals surface area contributed by atoms with E-state index in [4.69, 9.17) is 11.6 Å². The Morgan fingerprint density at radius 2 is 2.00 bits per heavy atom. The summed E-state index contributed by atoms with van der Waals surface area (Å²) in [5, 5.41) is 4.54. The number of pyridine rings is 1. The topological polar surface area (TPSA) is 78.1 Å². The minimum Gasteiger partial charge on any atom is -0.358 e. The van der Waals surface area contributed by atoms with Crippen molar-refractivity contribution in [3.05, 3.63) is 58.4 Å². The molecule has 1 fully saturated rings. The number of halogens is 1. The Bertz CT molecular complexity index is 1140. The molecule has 1 aliphatic heterocycles. The molecule has 2 aromatic heterocycles. The van der Waals surface area contributed by atoms with Gasteiger partial charge >= 0.3 is 0 Å². The Balaban J connectivity index is 1.34. The molecule has 1 aromatic carbocycles. The lowest BCUT2D eigenvalue weighted by molar-refractivity contribution is -0.121. The Hall–Kier alpha value is -2.86. The first-order valence-electron chi connectivity index (χ1n) is 10.9. The van der Waals surface area contributed by atoms with E-state index in [0.717, 1.165) is 31.2 Å². The van der Waals surface area contributed by atoms with Crippen molar-refractivity contribution >= 4 is 40.1 Å². The van der Waals surface area contributed by atoms with Crippen LogP contribution in [0, 0.1) is 5.92 Å². The number of aromatic amines is 1. The second-order valence-corrected chi connectivity index (χ2v) is 8.90. The molecule has 3 aromatic rings. The Morgan fingerprint density at radius 1 is 1.13 bits per heavy atom. The van der Waals surface area contributed by atoms with Crippen LogP contribution in [0.1, 0.15) is 47.3 Å². The van der Waals surface area contributed by atoms with Crippen LogP contribution in [-0.4, -0.2) is 39.8 Å². The van der Waals surface area contributed by atoms with Crippen LogP contribution in [0.15, 0.2) is 36.5 Å². The van der Waals surface area contributed by atoms with Gasteiger partial charge in [0.2, 0.25) is 5.91 Å². The Kier molecular flexibility index (Phi) is 5.40. The summed E-state index contributed by atoms with van der Waals surface area (Å²) in [5.41, 5.74) is 4.28. The van der Waals surface area contributed by atoms with E-state index in [2.05, 4.69) is 21.4 Å². The zero-order valence-corrected chi connectivity index (χ0v) is 18.0. The van der Waals surface area contributed by atoms with Gasteiger partial charge in [0.05, 0.1) is 22.0 Å². The number of piperidine rings is 1. The van der Waals surface area contributed by atoms with Crippen LogP contribution in [0.5, 0.6) is 0 Å². The predicted octanol–water partition coefficient (Wildman–Crippen LogP) is 4.59. The number of likely N-dealkylation sites (tertiary alicyclic amines) is 1. The molecule has 1 unspecified atom stereocenters. The van der Waals surface area contributed by atoms with Gasteiger partial charge in [0.25, 0.3) is 5.91 Å². The fraction of sp³-hybridized carbons (Fsp3) is 0.375. The Labute approximate surface area is 186 Å². The number of anilines is 1. The third-order valence-corrected chi connectivity index (χ3v) is 6.65. The van der Waals surface area contributed by atoms with Crippen molar-refractivity contribution in [1.82, 2.24) is 14.9 Å². The van der Waals surface area contributed by atoms with E-state index in [-0.39, 0.29) is 17.7 Å². The maximum Gasteiger partial charge on any atom is 0.256 e. The summed E-state index contributed by atoms with van der Waals surface area (Å²) in [4.78, 5) is 35.7. The van der Waals surface area contributed by atoms with Gasteiger partial charge in [-0.25, -0.2) is 4.98 Å². The maximum atomic E-state index is 13.4. The van der Waals surface area contributed by atoms with Crippen molar-refractivity contribution in [2.24, 2.45) is 5.92 Å². The zero-order chi connectivity index (χ0) is 21.4. The van der Waals surface area contributed by atoms with Crippen molar-refractivity contribution in [2.45, 2.75) is 38.5 Å². The predicted molar refractivity (Wildman–Crippen MR) is 121 cm³/mol. The fourth-order valence-electron chi connectivity index (χ4n) is 4.83. The van der Waals surface area contributed by atoms with E-state index in [1.54, 1.807) is 12.1 Å². The van der Waals surface area contributed by atoms with Gasteiger partial charge in [0.15, 0.2) is 0 Å². The summed E-state index contributed by atoms with van der Waals surface area (Å²) in [5.74, 6) is 0.0954. The lowest BCUT2D eigenvalue weighted by Gasteiger charge is -2.32. The smallest absolute Gasteiger partial charge is 0.256 e. The molecule has 0 saturated carbocycles. The molecular weight excluding hydrogens is 412 g/mol. The molecule has 1 atom stereocenters. The summed E-state index contributed by atoms with van der Waals surface area (Å²) in [6.45, 7) is 1.08. The summed E-state index contributed by atoms with van der Waals surface area (Å²) < 4.78 is 0. The van der Waals surface area contributed by atoms with Crippen molar-refractivity contribution in [2.75, 3.05) is 18.4 Å². The second kappa shape index (κ2) is 8.35. The SMILES string of the molecule is O=C(Nc1ccc(Cl)cn1)C1CCCN(C(=O)c2cccc3c4c([nH]c23)CCCC4)C1. The Morgan fingerprint density at radius 3 is 2.84 bits per heavy atom. The molecule has 160 valence electrons. The third kappa shape index (κ3) is 3.92. The summed E-state index contributed by atoms with van der Waals surface area (Å²) >= 11 is 5.86. The van der Waals surface area contributed by atoms with Crippen LogP contribution >= 0.6 is 11.6 Å². The monoisotopic (exact) mass is 436 g/mol. The number of hydrogen-bond donors (Lipinski definition) is 2. The number of rotatable bonds is 3. The summed E-state index contributed by atoms with van der Waals surface area (Å²) in [7, 11) is 0. The van der Waals surface area contributed by atoms with E-state index in [9.17, 15) is 9.59 Å². The number of hydrogen-bond acceptors (Lipinski definition) is 3. The van der Waals surface area contributed by atoms with E-state index < -0.39 is 0 Å². The largest absolute Gasteiger partial charge is 0.358 e. The highest BCUT2D eigenvalue weighted by Gasteiger charge is 2.30. The van der Waals surface area contributed by atoms with E-state index in [1.807, 2.05) is 17.0 Å². The van der Waals surface area contributed by atoms with Crippen molar-refractivity contribution in [1.29, 1.82) is 0 Å². The highest BCUT2D eigenvalue weighted by Crippen LogP contribution is 2.32. The summed E-state index contributed by atoms with van der Waals surface area (Å²) in [6.07, 6.45) is 7.56. The number of carbonyl (C=O) groups excluding carboxylic acids is 2. The molecule has 2 N–H and O–H groups in total. The average Bonchev–Trinajstić information content (AvgIpc) is 3.19. The van der Waals surface area contributed by atoms with Crippen molar-refractivity contribution in [3.63, 3.8) is 0 Å². The fourth-order valence-corrected chi connectivity index (χ4v) is 4.94. The number of amides is 2. The minimum absolute atomic E-state index is 0.00804. The number of carbonyl (C=O) groups is 2. The van der Waals surface area contributed by atoms with Crippen LogP contribution in [0.3, 0.4) is 0 Å². The number of nitrogens with zero attached hydrogens (tertiary/aromatic N) is 2. The first-order chi connectivity index (χ1) is 15.1. The molecule has 1 aliphatic carbocycles. The van der Waals surface area contributed by atoms with Gasteiger partial charge < -0.3 is 15.2 Å². The van der Waals surface area contributed by atoms with Gasteiger partial charge in [-0.3, -0.25) is 9.59 Å². The number of fused-ring (bicyclic) bond motifs is 3. The van der Waals surface area contributed by atoms with E-state index in [0.29, 0.717) is 29.5 Å². The van der Waals surface area contributed by atoms with Crippen LogP contribution < -0.4 is 5.32 Å². The van der Waals surface area contributed by atoms with Crippen LogP contribution in [0.25, 0.3) is 10.9 Å². The van der Waals surface area contributed by atoms with Gasteiger partial charge in [-0.05, 0) is 62.3 Å². The second-order valence-electron chi connectivity index (χ2n) is 8.46. The van der Waals surface area contributed by atoms with Gasteiger partial charge in [-0.15, -0.1) is 0 Å². The molecule has 0 spiro atoms. The highest BCUT2D eigenvalue weighted by molar-refractivity contribution is 6.30. The van der Waals surface area contributed by atoms with Gasteiger partial charge in [0.1, 0.15) is 5.82 Å². The first-order valence-corrected chi connectivity index (χ1v) is 11.3. The van der Waals surface area contributed by atoms with E-state index >= 15 is 0 Å². The number of aromatic nitrogens is 2. The number of para-hydroxylation sites is 1. The summed E-state index contributed by atoms with van der Waals surface area (Å²) in [6, 6.07) is 9.35. The van der Waals surface area contributed by atoms with Gasteiger partial charge in [-0.2, -0.15) is 0 Å². The zero-order valence-electron chi connectivity index (χ0n) is 17.3. The van der Waals surface area contributed by atoms with E-state index in [1.165, 1.54) is 35.7 Å². The molecule has 7 heteroatoms. The average molecular weight is 437 g/mol. The lowest BCUT2D eigenvalue weighted by atomic mass is 9.94. The minimum atomic E-state index is -0.258. The van der Waals surface area contributed by atoms with Crippen molar-refractivity contribution in [3.8, 4) is 0 Å². The van der Waals surface area contributed by atoms with Crippen LogP contribution in [0.2, 0.25) is 5.02 Å². The number of H-pyrrole nitrogens is 1. The number of aryl methyl sites for hydroxylation is 2. The van der Waals surface area contributed by atoms with Crippen LogP contribution in [-0.2, 0) is 17.6 Å². The lowest BCUT2D eigenvalue weighted by Crippen LogP contribution is -2.43. The van der Waals surface area contributed by atoms with Crippen LogP contribution in [0.4, 0.5) is 5.82 Å². The molecule has 5 rings (SSSR count). The number of nitrogens with one attached hydrogen (secondary N) is 2. The number of benzene rings is 1. The molecular formula is C24H25ClN4O2. The first kappa shape index (κ1) is 20.1. The molecule has 2 aliphatic rings. The molecule has 0 bridgehead atoms. The molecule has 1 saturated heterocycles. The van der Waals surface area contributed by atoms with Gasteiger partial charge in [0, 0.05) is 30.4 Å². The maximum absolute atomic E-state index is 13.4. The molecule has 3 heterocycles. The molecule has 31 heavy (non-hydrogen) atoms. The molecule has 0 radical (unpaired) electrons. The third-order valence-electron chi connectivity index (χ3n) is 6.42. The standard InChI is InChI=1S/C24H25ClN4O2/c25-16-10-11-21(26-13-16)28-23(30)15-5-4-12-29(14-15)24(31)19-8-3-7-18-17-6-1-2-9-20(17)27-22(18)19/h3,7-8,10-11,13,15,27H,1-2,4-6,9,12,14H2,(H,26,28,30). The highest BCUT2D eigenvalue weighted by atomic mass is 35.5.